The molecule has 0 saturated carbocycles. The van der Waals surface area contributed by atoms with Gasteiger partial charge in [-0.2, -0.15) is 4.98 Å². The first-order chi connectivity index (χ1) is 14.1. The van der Waals surface area contributed by atoms with E-state index in [4.69, 9.17) is 14.0 Å². The molecule has 1 aromatic heterocycles. The van der Waals surface area contributed by atoms with Crippen LogP contribution in [0.15, 0.2) is 47.0 Å². The summed E-state index contributed by atoms with van der Waals surface area (Å²) in [4.78, 5) is 18.7. The van der Waals surface area contributed by atoms with Crippen molar-refractivity contribution in [1.82, 2.24) is 15.0 Å². The monoisotopic (exact) mass is 397 g/mol. The van der Waals surface area contributed by atoms with E-state index in [1.807, 2.05) is 18.2 Å². The molecule has 8 heteroatoms. The smallest absolute Gasteiger partial charge is 0.257 e. The highest BCUT2D eigenvalue weighted by atomic mass is 19.1. The van der Waals surface area contributed by atoms with E-state index in [-0.39, 0.29) is 17.6 Å². The lowest BCUT2D eigenvalue weighted by Gasteiger charge is -2.17. The molecule has 1 saturated heterocycles. The Kier molecular flexibility index (Phi) is 5.16. The second-order valence-electron chi connectivity index (χ2n) is 6.83. The van der Waals surface area contributed by atoms with E-state index < -0.39 is 0 Å². The Morgan fingerprint density at radius 2 is 1.90 bits per heavy atom. The Morgan fingerprint density at radius 3 is 2.62 bits per heavy atom. The van der Waals surface area contributed by atoms with Gasteiger partial charge in [0, 0.05) is 31.0 Å². The third kappa shape index (κ3) is 3.91. The van der Waals surface area contributed by atoms with Crippen molar-refractivity contribution in [2.24, 2.45) is 0 Å². The average Bonchev–Trinajstić information content (AvgIpc) is 3.36. The van der Waals surface area contributed by atoms with Crippen molar-refractivity contribution < 1.29 is 23.2 Å². The summed E-state index contributed by atoms with van der Waals surface area (Å²) in [5.74, 6) is 1.59. The maximum Gasteiger partial charge on any atom is 0.257 e. The van der Waals surface area contributed by atoms with Crippen molar-refractivity contribution in [2.45, 2.75) is 18.9 Å². The first kappa shape index (κ1) is 18.9. The molecule has 1 amide bonds. The number of hydrogen-bond donors (Lipinski definition) is 0. The summed E-state index contributed by atoms with van der Waals surface area (Å²) >= 11 is 0. The van der Waals surface area contributed by atoms with Crippen molar-refractivity contribution in [3.8, 4) is 23.0 Å². The van der Waals surface area contributed by atoms with Crippen LogP contribution in [0.1, 0.15) is 23.7 Å². The molecule has 0 radical (unpaired) electrons. The van der Waals surface area contributed by atoms with Crippen LogP contribution in [0.25, 0.3) is 11.5 Å². The normalized spacial score (nSPS) is 16.3. The molecule has 3 aromatic rings. The van der Waals surface area contributed by atoms with E-state index in [0.717, 1.165) is 5.56 Å². The van der Waals surface area contributed by atoms with Crippen molar-refractivity contribution in [2.75, 3.05) is 20.8 Å². The summed E-state index contributed by atoms with van der Waals surface area (Å²) in [6.07, 6.45) is 0.315. The molecular formula is C21H20FN3O4. The van der Waals surface area contributed by atoms with Crippen molar-refractivity contribution >= 4 is 5.91 Å². The van der Waals surface area contributed by atoms with Gasteiger partial charge in [-0.15, -0.1) is 0 Å². The Hall–Kier alpha value is -3.42. The molecule has 0 N–H and O–H groups in total. The average molecular weight is 397 g/mol. The largest absolute Gasteiger partial charge is 0.493 e. The summed E-state index contributed by atoms with van der Waals surface area (Å²) in [7, 11) is 3.16. The fourth-order valence-corrected chi connectivity index (χ4v) is 3.41. The van der Waals surface area contributed by atoms with E-state index in [2.05, 4.69) is 10.1 Å². The lowest BCUT2D eigenvalue weighted by molar-refractivity contribution is -0.128. The quantitative estimate of drug-likeness (QED) is 0.634. The predicted molar refractivity (Wildman–Crippen MR) is 102 cm³/mol. The summed E-state index contributed by atoms with van der Waals surface area (Å²) in [6, 6.07) is 11.4. The second kappa shape index (κ2) is 7.90. The molecule has 1 atom stereocenters. The van der Waals surface area contributed by atoms with Gasteiger partial charge in [-0.3, -0.25) is 4.79 Å². The molecule has 1 aliphatic rings. The SMILES string of the molecule is COc1ccc(CN2CC(c3noc(-c4ccc(F)cc4)n3)CC2=O)cc1OC. The molecule has 7 nitrogen and oxygen atoms in total. The number of amides is 1. The molecule has 0 aliphatic carbocycles. The van der Waals surface area contributed by atoms with Crippen LogP contribution in [0.3, 0.4) is 0 Å². The summed E-state index contributed by atoms with van der Waals surface area (Å²) < 4.78 is 29.0. The highest BCUT2D eigenvalue weighted by Gasteiger charge is 2.34. The highest BCUT2D eigenvalue weighted by molar-refractivity contribution is 5.79. The Bertz CT molecular complexity index is 1020. The number of ether oxygens (including phenoxy) is 2. The van der Waals surface area contributed by atoms with Gasteiger partial charge in [-0.1, -0.05) is 11.2 Å². The number of likely N-dealkylation sites (tertiary alicyclic amines) is 1. The van der Waals surface area contributed by atoms with Crippen molar-refractivity contribution in [1.29, 1.82) is 0 Å². The molecule has 29 heavy (non-hydrogen) atoms. The number of nitrogens with zero attached hydrogens (tertiary/aromatic N) is 3. The van der Waals surface area contributed by atoms with Gasteiger partial charge < -0.3 is 18.9 Å². The topological polar surface area (TPSA) is 77.7 Å². The van der Waals surface area contributed by atoms with E-state index in [1.54, 1.807) is 31.3 Å². The van der Waals surface area contributed by atoms with Gasteiger partial charge in [0.1, 0.15) is 5.82 Å². The first-order valence-electron chi connectivity index (χ1n) is 9.15. The number of benzene rings is 2. The van der Waals surface area contributed by atoms with Gasteiger partial charge in [0.15, 0.2) is 17.3 Å². The Balaban J connectivity index is 1.46. The maximum absolute atomic E-state index is 13.1. The zero-order valence-electron chi connectivity index (χ0n) is 16.1. The van der Waals surface area contributed by atoms with E-state index >= 15 is 0 Å². The third-order valence-electron chi connectivity index (χ3n) is 4.93. The molecule has 0 spiro atoms. The minimum atomic E-state index is -0.333. The van der Waals surface area contributed by atoms with Gasteiger partial charge >= 0.3 is 0 Å². The van der Waals surface area contributed by atoms with Crippen molar-refractivity contribution in [3.63, 3.8) is 0 Å². The van der Waals surface area contributed by atoms with Crippen LogP contribution in [-0.4, -0.2) is 41.7 Å². The number of methoxy groups -OCH3 is 2. The van der Waals surface area contributed by atoms with E-state index in [9.17, 15) is 9.18 Å². The van der Waals surface area contributed by atoms with Gasteiger partial charge in [-0.25, -0.2) is 4.39 Å². The molecule has 2 heterocycles. The van der Waals surface area contributed by atoms with Crippen LogP contribution in [0, 0.1) is 5.82 Å². The number of hydrogen-bond acceptors (Lipinski definition) is 6. The molecule has 1 unspecified atom stereocenters. The standard InChI is InChI=1S/C21H20FN3O4/c1-27-17-8-3-13(9-18(17)28-2)11-25-12-15(10-19(25)26)20-23-21(29-24-20)14-4-6-16(22)7-5-14/h3-9,15H,10-12H2,1-2H3. The predicted octanol–water partition coefficient (Wildman–Crippen LogP) is 3.41. The van der Waals surface area contributed by atoms with Crippen LogP contribution in [0.2, 0.25) is 0 Å². The van der Waals surface area contributed by atoms with Gasteiger partial charge in [0.25, 0.3) is 5.89 Å². The minimum absolute atomic E-state index is 0.0258. The fourth-order valence-electron chi connectivity index (χ4n) is 3.41. The highest BCUT2D eigenvalue weighted by Crippen LogP contribution is 2.31. The van der Waals surface area contributed by atoms with Crippen molar-refractivity contribution in [3.05, 3.63) is 59.7 Å². The maximum atomic E-state index is 13.1. The van der Waals surface area contributed by atoms with Crippen LogP contribution in [0.5, 0.6) is 11.5 Å². The first-order valence-corrected chi connectivity index (χ1v) is 9.15. The second-order valence-corrected chi connectivity index (χ2v) is 6.83. The molecular weight excluding hydrogens is 377 g/mol. The zero-order chi connectivity index (χ0) is 20.4. The number of carbonyl (C=O) groups is 1. The number of aromatic nitrogens is 2. The Labute approximate surface area is 167 Å². The van der Waals surface area contributed by atoms with E-state index in [0.29, 0.717) is 48.3 Å². The number of rotatable bonds is 6. The van der Waals surface area contributed by atoms with Crippen LogP contribution in [-0.2, 0) is 11.3 Å². The third-order valence-corrected chi connectivity index (χ3v) is 4.93. The molecule has 4 rings (SSSR count). The zero-order valence-corrected chi connectivity index (χ0v) is 16.1. The number of carbonyl (C=O) groups excluding carboxylic acids is 1. The van der Waals surface area contributed by atoms with Gasteiger partial charge in [-0.05, 0) is 42.0 Å². The molecule has 0 bridgehead atoms. The summed E-state index contributed by atoms with van der Waals surface area (Å²) in [5.41, 5.74) is 1.58. The minimum Gasteiger partial charge on any atom is -0.493 e. The molecule has 1 aliphatic heterocycles. The van der Waals surface area contributed by atoms with Crippen LogP contribution in [0.4, 0.5) is 4.39 Å². The summed E-state index contributed by atoms with van der Waals surface area (Å²) in [5, 5.41) is 4.03. The van der Waals surface area contributed by atoms with Gasteiger partial charge in [0.2, 0.25) is 5.91 Å². The van der Waals surface area contributed by atoms with Crippen LogP contribution < -0.4 is 9.47 Å². The summed E-state index contributed by atoms with van der Waals surface area (Å²) in [6.45, 7) is 0.952. The van der Waals surface area contributed by atoms with Gasteiger partial charge in [0.05, 0.1) is 14.2 Å². The lowest BCUT2D eigenvalue weighted by atomic mass is 10.1. The number of halogens is 1. The molecule has 150 valence electrons. The lowest BCUT2D eigenvalue weighted by Crippen LogP contribution is -2.24. The fraction of sp³-hybridized carbons (Fsp3) is 0.286. The molecule has 2 aromatic carbocycles. The molecule has 1 fully saturated rings. The van der Waals surface area contributed by atoms with Crippen LogP contribution >= 0.6 is 0 Å². The van der Waals surface area contributed by atoms with E-state index in [1.165, 1.54) is 12.1 Å². The Morgan fingerprint density at radius 1 is 1.14 bits per heavy atom.